The monoisotopic (exact) mass is 395 g/mol. The predicted molar refractivity (Wildman–Crippen MR) is 108 cm³/mol. The molecule has 29 heavy (non-hydrogen) atoms. The first-order valence-electron chi connectivity index (χ1n) is 9.07. The maximum atomic E-state index is 12.1. The van der Waals surface area contributed by atoms with Crippen molar-refractivity contribution < 1.29 is 23.5 Å². The van der Waals surface area contributed by atoms with Crippen LogP contribution >= 0.6 is 0 Å². The summed E-state index contributed by atoms with van der Waals surface area (Å²) in [5.41, 5.74) is 1.82. The Morgan fingerprint density at radius 2 is 1.83 bits per heavy atom. The zero-order valence-corrected chi connectivity index (χ0v) is 16.2. The van der Waals surface area contributed by atoms with Crippen LogP contribution in [-0.2, 0) is 27.4 Å². The van der Waals surface area contributed by atoms with E-state index in [1.54, 1.807) is 25.3 Å². The molecule has 0 unspecified atom stereocenters. The molecule has 0 spiro atoms. The standard InChI is InChI=1S/C22H21NO6/c1-14(24)23-17-6-9-19-16(11-22(26)29-20(19)12-17)13-28-21(25)10-5-15-3-7-18(27-2)8-4-15/h3-4,6-9,11-12H,5,10,13H2,1-2H3,(H,23,24). The molecule has 0 aliphatic carbocycles. The smallest absolute Gasteiger partial charge is 0.336 e. The molecule has 0 aliphatic heterocycles. The van der Waals surface area contributed by atoms with E-state index in [1.165, 1.54) is 13.0 Å². The number of carbonyl (C=O) groups excluding carboxylic acids is 2. The average Bonchev–Trinajstić information content (AvgIpc) is 2.70. The van der Waals surface area contributed by atoms with Gasteiger partial charge in [-0.3, -0.25) is 9.59 Å². The minimum Gasteiger partial charge on any atom is -0.497 e. The van der Waals surface area contributed by atoms with Gasteiger partial charge in [0.25, 0.3) is 0 Å². The molecule has 3 rings (SSSR count). The molecule has 3 aromatic rings. The predicted octanol–water partition coefficient (Wildman–Crippen LogP) is 3.44. The van der Waals surface area contributed by atoms with Crippen molar-refractivity contribution in [2.45, 2.75) is 26.4 Å². The number of rotatable bonds is 7. The first-order valence-corrected chi connectivity index (χ1v) is 9.07. The van der Waals surface area contributed by atoms with Crippen LogP contribution in [0.25, 0.3) is 11.0 Å². The highest BCUT2D eigenvalue weighted by atomic mass is 16.5. The maximum Gasteiger partial charge on any atom is 0.336 e. The van der Waals surface area contributed by atoms with Crippen molar-refractivity contribution in [1.29, 1.82) is 0 Å². The van der Waals surface area contributed by atoms with Crippen LogP contribution in [0, 0.1) is 0 Å². The van der Waals surface area contributed by atoms with Crippen molar-refractivity contribution in [3.8, 4) is 5.75 Å². The summed E-state index contributed by atoms with van der Waals surface area (Å²) in [5.74, 6) is 0.165. The van der Waals surface area contributed by atoms with Gasteiger partial charge in [-0.05, 0) is 36.2 Å². The molecular weight excluding hydrogens is 374 g/mol. The number of ether oxygens (including phenoxy) is 2. The van der Waals surface area contributed by atoms with Gasteiger partial charge in [0.2, 0.25) is 5.91 Å². The third-order valence-electron chi connectivity index (χ3n) is 4.32. The number of aryl methyl sites for hydroxylation is 1. The fraction of sp³-hybridized carbons (Fsp3) is 0.227. The van der Waals surface area contributed by atoms with Gasteiger partial charge in [0.15, 0.2) is 0 Å². The van der Waals surface area contributed by atoms with Crippen LogP contribution in [0.15, 0.2) is 57.7 Å². The Kier molecular flexibility index (Phi) is 6.29. The van der Waals surface area contributed by atoms with Crippen LogP contribution in [0.4, 0.5) is 5.69 Å². The number of carbonyl (C=O) groups is 2. The van der Waals surface area contributed by atoms with E-state index in [9.17, 15) is 14.4 Å². The van der Waals surface area contributed by atoms with E-state index in [4.69, 9.17) is 13.9 Å². The van der Waals surface area contributed by atoms with Gasteiger partial charge in [-0.2, -0.15) is 0 Å². The molecule has 1 N–H and O–H groups in total. The Morgan fingerprint density at radius 3 is 2.52 bits per heavy atom. The van der Waals surface area contributed by atoms with Crippen LogP contribution in [0.2, 0.25) is 0 Å². The fourth-order valence-electron chi connectivity index (χ4n) is 2.90. The lowest BCUT2D eigenvalue weighted by Gasteiger charge is -2.09. The number of benzene rings is 2. The van der Waals surface area contributed by atoms with Gasteiger partial charge in [0.05, 0.1) is 7.11 Å². The lowest BCUT2D eigenvalue weighted by molar-refractivity contribution is -0.144. The Labute approximate surface area is 167 Å². The molecule has 0 saturated heterocycles. The summed E-state index contributed by atoms with van der Waals surface area (Å²) >= 11 is 0. The molecule has 1 amide bonds. The van der Waals surface area contributed by atoms with Crippen molar-refractivity contribution in [2.24, 2.45) is 0 Å². The van der Waals surface area contributed by atoms with Crippen molar-refractivity contribution >= 4 is 28.5 Å². The van der Waals surface area contributed by atoms with Crippen molar-refractivity contribution in [1.82, 2.24) is 0 Å². The summed E-state index contributed by atoms with van der Waals surface area (Å²) < 4.78 is 15.6. The maximum absolute atomic E-state index is 12.1. The van der Waals surface area contributed by atoms with E-state index >= 15 is 0 Å². The van der Waals surface area contributed by atoms with Crippen LogP contribution in [0.1, 0.15) is 24.5 Å². The Balaban J connectivity index is 1.65. The van der Waals surface area contributed by atoms with Crippen LogP contribution in [0.5, 0.6) is 5.75 Å². The van der Waals surface area contributed by atoms with Crippen LogP contribution in [0.3, 0.4) is 0 Å². The summed E-state index contributed by atoms with van der Waals surface area (Å²) in [6.07, 6.45) is 0.763. The van der Waals surface area contributed by atoms with E-state index in [2.05, 4.69) is 5.32 Å². The molecule has 150 valence electrons. The minimum atomic E-state index is -0.554. The molecule has 0 radical (unpaired) electrons. The van der Waals surface area contributed by atoms with Gasteiger partial charge in [-0.1, -0.05) is 12.1 Å². The van der Waals surface area contributed by atoms with Gasteiger partial charge in [0.1, 0.15) is 17.9 Å². The highest BCUT2D eigenvalue weighted by Crippen LogP contribution is 2.22. The SMILES string of the molecule is COc1ccc(CCC(=O)OCc2cc(=O)oc3cc(NC(C)=O)ccc23)cc1. The third kappa shape index (κ3) is 5.44. The minimum absolute atomic E-state index is 0.0387. The number of amides is 1. The summed E-state index contributed by atoms with van der Waals surface area (Å²) in [7, 11) is 1.60. The zero-order valence-electron chi connectivity index (χ0n) is 16.2. The average molecular weight is 395 g/mol. The van der Waals surface area contributed by atoms with E-state index in [0.29, 0.717) is 28.6 Å². The summed E-state index contributed by atoms with van der Waals surface area (Å²) in [4.78, 5) is 35.1. The molecule has 7 nitrogen and oxygen atoms in total. The lowest BCUT2D eigenvalue weighted by Crippen LogP contribution is -2.09. The first kappa shape index (κ1) is 20.1. The Hall–Kier alpha value is -3.61. The summed E-state index contributed by atoms with van der Waals surface area (Å²) in [6, 6.07) is 13.7. The topological polar surface area (TPSA) is 94.8 Å². The number of hydrogen-bond acceptors (Lipinski definition) is 6. The normalized spacial score (nSPS) is 10.6. The number of fused-ring (bicyclic) bond motifs is 1. The van der Waals surface area contributed by atoms with Gasteiger partial charge in [-0.25, -0.2) is 4.79 Å². The quantitative estimate of drug-likeness (QED) is 0.486. The van der Waals surface area contributed by atoms with Gasteiger partial charge < -0.3 is 19.2 Å². The molecule has 0 saturated carbocycles. The second-order valence-electron chi connectivity index (χ2n) is 6.49. The first-order chi connectivity index (χ1) is 13.9. The number of anilines is 1. The van der Waals surface area contributed by atoms with Crippen molar-refractivity contribution in [3.05, 3.63) is 70.1 Å². The van der Waals surface area contributed by atoms with Gasteiger partial charge in [0, 0.05) is 42.1 Å². The van der Waals surface area contributed by atoms with Crippen LogP contribution < -0.4 is 15.7 Å². The van der Waals surface area contributed by atoms with E-state index < -0.39 is 5.63 Å². The van der Waals surface area contributed by atoms with E-state index in [0.717, 1.165) is 11.3 Å². The summed E-state index contributed by atoms with van der Waals surface area (Å²) in [6.45, 7) is 1.35. The highest BCUT2D eigenvalue weighted by Gasteiger charge is 2.10. The molecule has 1 aromatic heterocycles. The molecule has 0 aliphatic rings. The third-order valence-corrected chi connectivity index (χ3v) is 4.32. The largest absolute Gasteiger partial charge is 0.497 e. The Bertz CT molecular complexity index is 1080. The molecule has 1 heterocycles. The molecule has 0 atom stereocenters. The molecule has 0 bridgehead atoms. The number of esters is 1. The highest BCUT2D eigenvalue weighted by molar-refractivity contribution is 5.92. The lowest BCUT2D eigenvalue weighted by atomic mass is 10.1. The van der Waals surface area contributed by atoms with Crippen molar-refractivity contribution in [3.63, 3.8) is 0 Å². The number of methoxy groups -OCH3 is 1. The summed E-state index contributed by atoms with van der Waals surface area (Å²) in [5, 5.41) is 3.27. The van der Waals surface area contributed by atoms with E-state index in [-0.39, 0.29) is 24.9 Å². The fourth-order valence-corrected chi connectivity index (χ4v) is 2.90. The van der Waals surface area contributed by atoms with Crippen molar-refractivity contribution in [2.75, 3.05) is 12.4 Å². The second kappa shape index (κ2) is 9.05. The molecule has 0 fully saturated rings. The van der Waals surface area contributed by atoms with Gasteiger partial charge in [-0.15, -0.1) is 0 Å². The van der Waals surface area contributed by atoms with Gasteiger partial charge >= 0.3 is 11.6 Å². The van der Waals surface area contributed by atoms with Crippen LogP contribution in [-0.4, -0.2) is 19.0 Å². The number of nitrogens with one attached hydrogen (secondary N) is 1. The molecular formula is C22H21NO6. The number of hydrogen-bond donors (Lipinski definition) is 1. The zero-order chi connectivity index (χ0) is 20.8. The Morgan fingerprint density at radius 1 is 1.07 bits per heavy atom. The second-order valence-corrected chi connectivity index (χ2v) is 6.49. The molecule has 7 heteroatoms. The van der Waals surface area contributed by atoms with E-state index in [1.807, 2.05) is 24.3 Å². The molecule has 2 aromatic carbocycles.